The van der Waals surface area contributed by atoms with Gasteiger partial charge >= 0.3 is 0 Å². The van der Waals surface area contributed by atoms with Gasteiger partial charge in [-0.15, -0.1) is 0 Å². The molecule has 0 radical (unpaired) electrons. The predicted molar refractivity (Wildman–Crippen MR) is 79.3 cm³/mol. The third-order valence-electron chi connectivity index (χ3n) is 3.86. The minimum atomic E-state index is 0.413. The third kappa shape index (κ3) is 2.95. The molecule has 3 heteroatoms. The highest BCUT2D eigenvalue weighted by atomic mass is 16.5. The van der Waals surface area contributed by atoms with Crippen molar-refractivity contribution in [3.8, 4) is 11.8 Å². The summed E-state index contributed by atoms with van der Waals surface area (Å²) in [5, 5.41) is 9.10. The molecule has 0 spiro atoms. The van der Waals surface area contributed by atoms with Gasteiger partial charge in [-0.05, 0) is 36.1 Å². The number of hydrogen-bond acceptors (Lipinski definition) is 3. The van der Waals surface area contributed by atoms with Crippen LogP contribution >= 0.6 is 0 Å². The van der Waals surface area contributed by atoms with Crippen LogP contribution in [0, 0.1) is 17.2 Å². The van der Waals surface area contributed by atoms with E-state index in [-0.39, 0.29) is 0 Å². The lowest BCUT2D eigenvalue weighted by Gasteiger charge is -2.08. The lowest BCUT2D eigenvalue weighted by Crippen LogP contribution is -2.02. The average Bonchev–Trinajstić information content (AvgIpc) is 3.33. The highest BCUT2D eigenvalue weighted by Crippen LogP contribution is 2.47. The van der Waals surface area contributed by atoms with E-state index >= 15 is 0 Å². The van der Waals surface area contributed by atoms with Crippen molar-refractivity contribution in [2.75, 3.05) is 6.61 Å². The summed E-state index contributed by atoms with van der Waals surface area (Å²) < 4.78 is 5.76. The van der Waals surface area contributed by atoms with E-state index in [4.69, 9.17) is 10.00 Å². The summed E-state index contributed by atoms with van der Waals surface area (Å²) in [6.45, 7) is 0.606. The summed E-state index contributed by atoms with van der Waals surface area (Å²) in [6.07, 6.45) is 1.86. The first-order valence-electron chi connectivity index (χ1n) is 6.99. The Balaban J connectivity index is 1.62. The molecular formula is C18H15NO2. The maximum absolute atomic E-state index is 10.7. The van der Waals surface area contributed by atoms with E-state index in [1.807, 2.05) is 6.07 Å². The zero-order chi connectivity index (χ0) is 14.7. The van der Waals surface area contributed by atoms with Crippen LogP contribution in [0.3, 0.4) is 0 Å². The molecule has 0 heterocycles. The van der Waals surface area contributed by atoms with Crippen molar-refractivity contribution in [3.05, 3.63) is 65.2 Å². The molecule has 2 aromatic carbocycles. The predicted octanol–water partition coefficient (Wildman–Crippen LogP) is 3.55. The molecule has 0 unspecified atom stereocenters. The Hall–Kier alpha value is -2.60. The van der Waals surface area contributed by atoms with Crippen molar-refractivity contribution in [1.29, 1.82) is 5.26 Å². The monoisotopic (exact) mass is 277 g/mol. The topological polar surface area (TPSA) is 50.1 Å². The third-order valence-corrected chi connectivity index (χ3v) is 3.86. The highest BCUT2D eigenvalue weighted by Gasteiger charge is 2.38. The van der Waals surface area contributed by atoms with Crippen molar-refractivity contribution in [1.82, 2.24) is 0 Å². The van der Waals surface area contributed by atoms with Gasteiger partial charge in [-0.3, -0.25) is 4.79 Å². The Labute approximate surface area is 123 Å². The van der Waals surface area contributed by atoms with Gasteiger partial charge in [-0.1, -0.05) is 30.3 Å². The number of carbonyl (C=O) groups excluding carboxylic acids is 1. The second-order valence-electron chi connectivity index (χ2n) is 5.31. The molecule has 1 aliphatic carbocycles. The van der Waals surface area contributed by atoms with Crippen molar-refractivity contribution < 1.29 is 9.53 Å². The SMILES string of the molecule is N#Cc1cc(C=O)ccc1OC[C@H]1C[C@H]1c1ccccc1. The number of nitrogens with zero attached hydrogens (tertiary/aromatic N) is 1. The van der Waals surface area contributed by atoms with Crippen LogP contribution in [0.15, 0.2) is 48.5 Å². The molecule has 2 aromatic rings. The first-order chi connectivity index (χ1) is 10.3. The molecule has 0 amide bonds. The molecule has 0 bridgehead atoms. The van der Waals surface area contributed by atoms with Gasteiger partial charge in [-0.25, -0.2) is 0 Å². The number of rotatable bonds is 5. The Morgan fingerprint density at radius 2 is 2.05 bits per heavy atom. The van der Waals surface area contributed by atoms with Gasteiger partial charge in [0.15, 0.2) is 0 Å². The summed E-state index contributed by atoms with van der Waals surface area (Å²) in [5.41, 5.74) is 2.26. The minimum Gasteiger partial charge on any atom is -0.492 e. The first kappa shape index (κ1) is 13.4. The normalized spacial score (nSPS) is 19.6. The highest BCUT2D eigenvalue weighted by molar-refractivity contribution is 5.76. The lowest BCUT2D eigenvalue weighted by atomic mass is 10.1. The van der Waals surface area contributed by atoms with Gasteiger partial charge < -0.3 is 4.74 Å². The van der Waals surface area contributed by atoms with E-state index in [1.165, 1.54) is 5.56 Å². The second-order valence-corrected chi connectivity index (χ2v) is 5.31. The van der Waals surface area contributed by atoms with Crippen LogP contribution in [0.5, 0.6) is 5.75 Å². The van der Waals surface area contributed by atoms with E-state index < -0.39 is 0 Å². The fraction of sp³-hybridized carbons (Fsp3) is 0.222. The molecular weight excluding hydrogens is 262 g/mol. The van der Waals surface area contributed by atoms with Crippen molar-refractivity contribution in [3.63, 3.8) is 0 Å². The van der Waals surface area contributed by atoms with Gasteiger partial charge in [-0.2, -0.15) is 5.26 Å². The number of carbonyl (C=O) groups is 1. The van der Waals surface area contributed by atoms with Crippen LogP contribution in [0.1, 0.15) is 33.8 Å². The van der Waals surface area contributed by atoms with Crippen molar-refractivity contribution in [2.45, 2.75) is 12.3 Å². The van der Waals surface area contributed by atoms with E-state index in [2.05, 4.69) is 30.3 Å². The van der Waals surface area contributed by atoms with Gasteiger partial charge in [0.2, 0.25) is 0 Å². The average molecular weight is 277 g/mol. The van der Waals surface area contributed by atoms with E-state index in [0.29, 0.717) is 35.3 Å². The van der Waals surface area contributed by atoms with Crippen LogP contribution in [0.4, 0.5) is 0 Å². The first-order valence-corrected chi connectivity index (χ1v) is 6.99. The van der Waals surface area contributed by atoms with Crippen LogP contribution in [-0.2, 0) is 0 Å². The maximum atomic E-state index is 10.7. The van der Waals surface area contributed by atoms with Crippen LogP contribution in [0.25, 0.3) is 0 Å². The fourth-order valence-electron chi connectivity index (χ4n) is 2.57. The molecule has 2 atom stereocenters. The summed E-state index contributed by atoms with van der Waals surface area (Å²) >= 11 is 0. The Bertz CT molecular complexity index is 688. The molecule has 0 saturated heterocycles. The van der Waals surface area contributed by atoms with Crippen molar-refractivity contribution in [2.24, 2.45) is 5.92 Å². The minimum absolute atomic E-state index is 0.413. The Morgan fingerprint density at radius 1 is 1.24 bits per heavy atom. The van der Waals surface area contributed by atoms with Gasteiger partial charge in [0.25, 0.3) is 0 Å². The van der Waals surface area contributed by atoms with Gasteiger partial charge in [0.1, 0.15) is 18.1 Å². The number of benzene rings is 2. The maximum Gasteiger partial charge on any atom is 0.150 e. The smallest absolute Gasteiger partial charge is 0.150 e. The standard InChI is InChI=1S/C18H15NO2/c19-10-15-8-13(11-20)6-7-18(15)21-12-16-9-17(16)14-4-2-1-3-5-14/h1-8,11,16-17H,9,12H2/t16-,17+/m1/s1. The molecule has 1 aliphatic rings. The second kappa shape index (κ2) is 5.80. The van der Waals surface area contributed by atoms with Crippen LogP contribution in [0.2, 0.25) is 0 Å². The summed E-state index contributed by atoms with van der Waals surface area (Å²) in [4.78, 5) is 10.7. The molecule has 1 fully saturated rings. The van der Waals surface area contributed by atoms with Crippen molar-refractivity contribution >= 4 is 6.29 Å². The lowest BCUT2D eigenvalue weighted by molar-refractivity contribution is 0.112. The molecule has 3 rings (SSSR count). The Morgan fingerprint density at radius 3 is 2.76 bits per heavy atom. The molecule has 3 nitrogen and oxygen atoms in total. The van der Waals surface area contributed by atoms with Crippen LogP contribution in [-0.4, -0.2) is 12.9 Å². The van der Waals surface area contributed by atoms with E-state index in [1.54, 1.807) is 18.2 Å². The summed E-state index contributed by atoms with van der Waals surface area (Å²) in [5.74, 6) is 1.62. The number of nitriles is 1. The van der Waals surface area contributed by atoms with Gasteiger partial charge in [0, 0.05) is 11.5 Å². The molecule has 0 aliphatic heterocycles. The van der Waals surface area contributed by atoms with E-state index in [9.17, 15) is 4.79 Å². The number of ether oxygens (including phenoxy) is 1. The molecule has 0 aromatic heterocycles. The Kier molecular flexibility index (Phi) is 3.70. The van der Waals surface area contributed by atoms with Crippen LogP contribution < -0.4 is 4.74 Å². The largest absolute Gasteiger partial charge is 0.492 e. The molecule has 104 valence electrons. The zero-order valence-electron chi connectivity index (χ0n) is 11.5. The summed E-state index contributed by atoms with van der Waals surface area (Å²) in [6, 6.07) is 17.4. The van der Waals surface area contributed by atoms with Gasteiger partial charge in [0.05, 0.1) is 12.2 Å². The number of hydrogen-bond donors (Lipinski definition) is 0. The molecule has 21 heavy (non-hydrogen) atoms. The zero-order valence-corrected chi connectivity index (χ0v) is 11.5. The van der Waals surface area contributed by atoms with E-state index in [0.717, 1.165) is 12.7 Å². The molecule has 1 saturated carbocycles. The fourth-order valence-corrected chi connectivity index (χ4v) is 2.57. The summed E-state index contributed by atoms with van der Waals surface area (Å²) in [7, 11) is 0. The number of aldehydes is 1. The molecule has 0 N–H and O–H groups in total. The quantitative estimate of drug-likeness (QED) is 0.785.